The Morgan fingerprint density at radius 2 is 1.39 bits per heavy atom. The van der Waals surface area contributed by atoms with E-state index in [0.717, 1.165) is 5.39 Å². The molecule has 160 valence electrons. The molecule has 0 bridgehead atoms. The third kappa shape index (κ3) is 3.65. The summed E-state index contributed by atoms with van der Waals surface area (Å²) >= 11 is 0. The van der Waals surface area contributed by atoms with Crippen LogP contribution in [0.25, 0.3) is 33.3 Å². The molecular formula is C23H19F3N2O3. The summed E-state index contributed by atoms with van der Waals surface area (Å²) in [5.41, 5.74) is 0.799. The van der Waals surface area contributed by atoms with Crippen molar-refractivity contribution >= 4 is 10.8 Å². The quantitative estimate of drug-likeness (QED) is 0.399. The van der Waals surface area contributed by atoms with Crippen molar-refractivity contribution in [1.82, 2.24) is 9.78 Å². The van der Waals surface area contributed by atoms with Crippen LogP contribution in [0.1, 0.15) is 0 Å². The molecule has 0 N–H and O–H groups in total. The van der Waals surface area contributed by atoms with Crippen LogP contribution in [0.4, 0.5) is 13.2 Å². The maximum Gasteiger partial charge on any atom is 0.505 e. The van der Waals surface area contributed by atoms with E-state index >= 15 is 0 Å². The zero-order valence-electron chi connectivity index (χ0n) is 17.0. The van der Waals surface area contributed by atoms with Crippen molar-refractivity contribution in [2.75, 3.05) is 21.3 Å². The van der Waals surface area contributed by atoms with Gasteiger partial charge in [0.1, 0.15) is 5.75 Å². The minimum Gasteiger partial charge on any atom is -0.496 e. The number of methoxy groups -OCH3 is 3. The molecule has 3 aromatic carbocycles. The molecule has 31 heavy (non-hydrogen) atoms. The maximum absolute atomic E-state index is 13.9. The number of hydrogen-bond donors (Lipinski definition) is 0. The highest BCUT2D eigenvalue weighted by Crippen LogP contribution is 2.42. The molecule has 0 unspecified atom stereocenters. The predicted octanol–water partition coefficient (Wildman–Crippen LogP) is 5.87. The highest BCUT2D eigenvalue weighted by Gasteiger charge is 2.36. The fourth-order valence-corrected chi connectivity index (χ4v) is 3.58. The topological polar surface area (TPSA) is 45.5 Å². The van der Waals surface area contributed by atoms with E-state index in [4.69, 9.17) is 14.2 Å². The highest BCUT2D eigenvalue weighted by atomic mass is 19.4. The third-order valence-electron chi connectivity index (χ3n) is 5.00. The Hall–Kier alpha value is -3.68. The standard InChI is InChI=1S/C23H19F3N2O3/c1-29-20-13-22(31-3)21(30-2)11-17(20)18-12-19(28(27-18)23(24,25)26)16-10-6-8-14-7-4-5-9-15(14)16/h4-13H,1-3H3. The predicted molar refractivity (Wildman–Crippen MR) is 112 cm³/mol. The van der Waals surface area contributed by atoms with E-state index in [-0.39, 0.29) is 16.1 Å². The van der Waals surface area contributed by atoms with Crippen LogP contribution in [0, 0.1) is 0 Å². The Kier molecular flexibility index (Phi) is 5.22. The Morgan fingerprint density at radius 1 is 0.742 bits per heavy atom. The average Bonchev–Trinajstić information content (AvgIpc) is 3.23. The molecule has 1 heterocycles. The van der Waals surface area contributed by atoms with Crippen molar-refractivity contribution in [2.24, 2.45) is 0 Å². The van der Waals surface area contributed by atoms with Gasteiger partial charge in [-0.3, -0.25) is 0 Å². The summed E-state index contributed by atoms with van der Waals surface area (Å²) in [5.74, 6) is 1.06. The lowest BCUT2D eigenvalue weighted by molar-refractivity contribution is -0.210. The number of alkyl halides is 3. The van der Waals surface area contributed by atoms with E-state index < -0.39 is 6.30 Å². The number of fused-ring (bicyclic) bond motifs is 1. The Bertz CT molecular complexity index is 1240. The third-order valence-corrected chi connectivity index (χ3v) is 5.00. The van der Waals surface area contributed by atoms with Crippen LogP contribution in [-0.4, -0.2) is 31.1 Å². The van der Waals surface area contributed by atoms with Gasteiger partial charge in [0.05, 0.1) is 32.7 Å². The molecule has 0 atom stereocenters. The van der Waals surface area contributed by atoms with E-state index in [1.807, 2.05) is 18.2 Å². The molecule has 0 aliphatic carbocycles. The first kappa shape index (κ1) is 20.6. The fourth-order valence-electron chi connectivity index (χ4n) is 3.58. The van der Waals surface area contributed by atoms with E-state index in [1.165, 1.54) is 27.4 Å². The van der Waals surface area contributed by atoms with Crippen molar-refractivity contribution in [3.8, 4) is 39.8 Å². The number of benzene rings is 3. The summed E-state index contributed by atoms with van der Waals surface area (Å²) < 4.78 is 57.8. The largest absolute Gasteiger partial charge is 0.505 e. The number of rotatable bonds is 5. The van der Waals surface area contributed by atoms with Gasteiger partial charge in [0.25, 0.3) is 0 Å². The normalized spacial score (nSPS) is 11.5. The van der Waals surface area contributed by atoms with Crippen LogP contribution in [0.3, 0.4) is 0 Å². The monoisotopic (exact) mass is 428 g/mol. The number of hydrogen-bond acceptors (Lipinski definition) is 4. The average molecular weight is 428 g/mol. The van der Waals surface area contributed by atoms with Gasteiger partial charge >= 0.3 is 6.30 Å². The summed E-state index contributed by atoms with van der Waals surface area (Å²) in [4.78, 5) is 0. The molecule has 0 saturated carbocycles. The minimum absolute atomic E-state index is 0.0730. The lowest BCUT2D eigenvalue weighted by Gasteiger charge is -2.13. The van der Waals surface area contributed by atoms with Crippen molar-refractivity contribution in [2.45, 2.75) is 6.30 Å². The molecule has 0 amide bonds. The van der Waals surface area contributed by atoms with Gasteiger partial charge in [-0.15, -0.1) is 13.2 Å². The maximum atomic E-state index is 13.9. The van der Waals surface area contributed by atoms with E-state index in [2.05, 4.69) is 5.10 Å². The van der Waals surface area contributed by atoms with Gasteiger partial charge in [-0.05, 0) is 22.9 Å². The van der Waals surface area contributed by atoms with Crippen LogP contribution in [0.5, 0.6) is 17.2 Å². The summed E-state index contributed by atoms with van der Waals surface area (Å²) in [6.07, 6.45) is -4.71. The van der Waals surface area contributed by atoms with Gasteiger partial charge in [-0.25, -0.2) is 0 Å². The SMILES string of the molecule is COc1cc(OC)c(-c2cc(-c3cccc4ccccc34)n(C(F)(F)F)n2)cc1OC. The Balaban J connectivity index is 1.98. The second-order valence-electron chi connectivity index (χ2n) is 6.73. The first-order valence-corrected chi connectivity index (χ1v) is 9.33. The summed E-state index contributed by atoms with van der Waals surface area (Å²) in [6, 6.07) is 17.0. The van der Waals surface area contributed by atoms with Crippen LogP contribution in [0.15, 0.2) is 60.7 Å². The van der Waals surface area contributed by atoms with Crippen molar-refractivity contribution in [1.29, 1.82) is 0 Å². The Labute approximate surface area is 176 Å². The smallest absolute Gasteiger partial charge is 0.496 e. The fraction of sp³-hybridized carbons (Fsp3) is 0.174. The van der Waals surface area contributed by atoms with E-state index in [1.54, 1.807) is 36.4 Å². The van der Waals surface area contributed by atoms with Gasteiger partial charge < -0.3 is 14.2 Å². The summed E-state index contributed by atoms with van der Waals surface area (Å²) in [6.45, 7) is 0. The first-order chi connectivity index (χ1) is 14.9. The lowest BCUT2D eigenvalue weighted by Crippen LogP contribution is -2.19. The van der Waals surface area contributed by atoms with Crippen LogP contribution < -0.4 is 14.2 Å². The second kappa shape index (κ2) is 7.86. The molecule has 0 aliphatic heterocycles. The molecule has 8 heteroatoms. The molecule has 5 nitrogen and oxygen atoms in total. The minimum atomic E-state index is -4.71. The number of halogens is 3. The molecular weight excluding hydrogens is 409 g/mol. The molecule has 0 saturated heterocycles. The van der Waals surface area contributed by atoms with Crippen LogP contribution >= 0.6 is 0 Å². The second-order valence-corrected chi connectivity index (χ2v) is 6.73. The number of nitrogens with zero attached hydrogens (tertiary/aromatic N) is 2. The van der Waals surface area contributed by atoms with E-state index in [0.29, 0.717) is 33.8 Å². The van der Waals surface area contributed by atoms with E-state index in [9.17, 15) is 13.2 Å². The number of aromatic nitrogens is 2. The molecule has 1 aromatic heterocycles. The molecule has 4 aromatic rings. The van der Waals surface area contributed by atoms with Gasteiger partial charge in [0.2, 0.25) is 0 Å². The van der Waals surface area contributed by atoms with Crippen molar-refractivity contribution in [3.05, 3.63) is 60.7 Å². The van der Waals surface area contributed by atoms with Crippen molar-refractivity contribution < 1.29 is 27.4 Å². The van der Waals surface area contributed by atoms with Gasteiger partial charge in [-0.1, -0.05) is 42.5 Å². The van der Waals surface area contributed by atoms with Crippen molar-refractivity contribution in [3.63, 3.8) is 0 Å². The van der Waals surface area contributed by atoms with Crippen LogP contribution in [-0.2, 0) is 6.30 Å². The summed E-state index contributed by atoms with van der Waals surface area (Å²) in [7, 11) is 4.34. The van der Waals surface area contributed by atoms with Gasteiger partial charge in [0.15, 0.2) is 11.5 Å². The summed E-state index contributed by atoms with van der Waals surface area (Å²) in [5, 5.41) is 5.42. The number of ether oxygens (including phenoxy) is 3. The zero-order chi connectivity index (χ0) is 22.2. The van der Waals surface area contributed by atoms with Gasteiger partial charge in [0, 0.05) is 17.2 Å². The van der Waals surface area contributed by atoms with Crippen LogP contribution in [0.2, 0.25) is 0 Å². The molecule has 0 aliphatic rings. The molecule has 0 radical (unpaired) electrons. The lowest BCUT2D eigenvalue weighted by atomic mass is 10.0. The highest BCUT2D eigenvalue weighted by molar-refractivity contribution is 5.96. The molecule has 4 rings (SSSR count). The molecule has 0 spiro atoms. The Morgan fingerprint density at radius 3 is 2.06 bits per heavy atom. The zero-order valence-corrected chi connectivity index (χ0v) is 17.0. The first-order valence-electron chi connectivity index (χ1n) is 9.33. The van der Waals surface area contributed by atoms with Gasteiger partial charge in [-0.2, -0.15) is 9.78 Å². The molecule has 0 fully saturated rings.